The Bertz CT molecular complexity index is 700. The van der Waals surface area contributed by atoms with Crippen molar-refractivity contribution in [1.82, 2.24) is 4.57 Å². The minimum Gasteiger partial charge on any atom is -0.364 e. The zero-order valence-electron chi connectivity index (χ0n) is 11.8. The Kier molecular flexibility index (Phi) is 3.05. The Labute approximate surface area is 122 Å². The van der Waals surface area contributed by atoms with Crippen LogP contribution in [0.2, 0.25) is 0 Å². The first-order chi connectivity index (χ1) is 10.0. The van der Waals surface area contributed by atoms with Crippen molar-refractivity contribution in [3.63, 3.8) is 0 Å². The summed E-state index contributed by atoms with van der Waals surface area (Å²) in [6.45, 7) is 0. The summed E-state index contributed by atoms with van der Waals surface area (Å²) >= 11 is 0. The zero-order valence-corrected chi connectivity index (χ0v) is 11.8. The van der Waals surface area contributed by atoms with Crippen molar-refractivity contribution in [1.29, 1.82) is 0 Å². The van der Waals surface area contributed by atoms with Crippen LogP contribution in [0.3, 0.4) is 0 Å². The molecule has 0 saturated heterocycles. The van der Waals surface area contributed by atoms with Gasteiger partial charge in [0.2, 0.25) is 5.91 Å². The highest BCUT2D eigenvalue weighted by molar-refractivity contribution is 6.02. The van der Waals surface area contributed by atoms with Crippen LogP contribution >= 0.6 is 0 Å². The number of primary amides is 1. The van der Waals surface area contributed by atoms with E-state index in [2.05, 4.69) is 5.32 Å². The SMILES string of the molecule is Cn1cc(NC(=O)C2(c3ccccc3)CC2)cc1C(N)=O. The topological polar surface area (TPSA) is 77.1 Å². The second-order valence-electron chi connectivity index (χ2n) is 5.49. The molecular weight excluding hydrogens is 266 g/mol. The number of amides is 2. The number of nitrogens with zero attached hydrogens (tertiary/aromatic N) is 1. The third-order valence-corrected chi connectivity index (χ3v) is 4.03. The van der Waals surface area contributed by atoms with Crippen LogP contribution in [-0.4, -0.2) is 16.4 Å². The van der Waals surface area contributed by atoms with Gasteiger partial charge in [0.25, 0.3) is 5.91 Å². The molecular formula is C16H17N3O2. The Morgan fingerprint density at radius 2 is 1.90 bits per heavy atom. The van der Waals surface area contributed by atoms with Crippen LogP contribution in [0.4, 0.5) is 5.69 Å². The first-order valence-corrected chi connectivity index (χ1v) is 6.86. The molecule has 0 unspecified atom stereocenters. The highest BCUT2D eigenvalue weighted by atomic mass is 16.2. The van der Waals surface area contributed by atoms with Gasteiger partial charge in [0.05, 0.1) is 11.1 Å². The van der Waals surface area contributed by atoms with Crippen LogP contribution in [0.15, 0.2) is 42.6 Å². The summed E-state index contributed by atoms with van der Waals surface area (Å²) < 4.78 is 1.61. The molecule has 0 atom stereocenters. The van der Waals surface area contributed by atoms with Gasteiger partial charge in [0.1, 0.15) is 5.69 Å². The first-order valence-electron chi connectivity index (χ1n) is 6.86. The van der Waals surface area contributed by atoms with E-state index in [-0.39, 0.29) is 5.91 Å². The van der Waals surface area contributed by atoms with Crippen LogP contribution in [0.1, 0.15) is 28.9 Å². The van der Waals surface area contributed by atoms with E-state index < -0.39 is 11.3 Å². The maximum atomic E-state index is 12.6. The molecule has 1 aromatic heterocycles. The third-order valence-electron chi connectivity index (χ3n) is 4.03. The number of nitrogens with two attached hydrogens (primary N) is 1. The highest BCUT2D eigenvalue weighted by Gasteiger charge is 2.51. The molecule has 0 aliphatic heterocycles. The number of carbonyl (C=O) groups is 2. The molecule has 108 valence electrons. The molecule has 1 saturated carbocycles. The van der Waals surface area contributed by atoms with Crippen LogP contribution in [0.25, 0.3) is 0 Å². The monoisotopic (exact) mass is 283 g/mol. The van der Waals surface area contributed by atoms with Crippen molar-refractivity contribution in [3.05, 3.63) is 53.9 Å². The van der Waals surface area contributed by atoms with Gasteiger partial charge in [-0.15, -0.1) is 0 Å². The summed E-state index contributed by atoms with van der Waals surface area (Å²) in [6.07, 6.45) is 3.38. The number of nitrogens with one attached hydrogen (secondary N) is 1. The van der Waals surface area contributed by atoms with E-state index in [0.29, 0.717) is 11.4 Å². The fourth-order valence-electron chi connectivity index (χ4n) is 2.66. The van der Waals surface area contributed by atoms with E-state index in [1.165, 1.54) is 0 Å². The minimum absolute atomic E-state index is 0.0321. The molecule has 0 spiro atoms. The van der Waals surface area contributed by atoms with Gasteiger partial charge in [-0.2, -0.15) is 0 Å². The maximum Gasteiger partial charge on any atom is 0.265 e. The molecule has 1 fully saturated rings. The third kappa shape index (κ3) is 2.31. The second-order valence-corrected chi connectivity index (χ2v) is 5.49. The van der Waals surface area contributed by atoms with E-state index in [4.69, 9.17) is 5.73 Å². The molecule has 2 amide bonds. The largest absolute Gasteiger partial charge is 0.364 e. The van der Waals surface area contributed by atoms with Gasteiger partial charge in [-0.1, -0.05) is 30.3 Å². The van der Waals surface area contributed by atoms with Crippen molar-refractivity contribution in [2.75, 3.05) is 5.32 Å². The molecule has 3 N–H and O–H groups in total. The number of anilines is 1. The summed E-state index contributed by atoms with van der Waals surface area (Å²) in [5.41, 5.74) is 6.85. The van der Waals surface area contributed by atoms with Crippen LogP contribution in [0, 0.1) is 0 Å². The number of carbonyl (C=O) groups excluding carboxylic acids is 2. The molecule has 2 aromatic rings. The Morgan fingerprint density at radius 3 is 2.43 bits per heavy atom. The molecule has 3 rings (SSSR count). The predicted molar refractivity (Wildman–Crippen MR) is 79.9 cm³/mol. The second kappa shape index (κ2) is 4.77. The van der Waals surface area contributed by atoms with E-state index in [1.807, 2.05) is 30.3 Å². The van der Waals surface area contributed by atoms with Crippen molar-refractivity contribution in [3.8, 4) is 0 Å². The number of hydrogen-bond acceptors (Lipinski definition) is 2. The smallest absolute Gasteiger partial charge is 0.265 e. The minimum atomic E-state index is -0.512. The predicted octanol–water partition coefficient (Wildman–Crippen LogP) is 1.79. The molecule has 0 bridgehead atoms. The summed E-state index contributed by atoms with van der Waals surface area (Å²) in [5, 5.41) is 2.89. The molecule has 0 radical (unpaired) electrons. The van der Waals surface area contributed by atoms with Crippen LogP contribution in [0.5, 0.6) is 0 Å². The molecule has 1 heterocycles. The molecule has 21 heavy (non-hydrogen) atoms. The lowest BCUT2D eigenvalue weighted by atomic mass is 9.95. The molecule has 1 aliphatic carbocycles. The van der Waals surface area contributed by atoms with Gasteiger partial charge in [-0.25, -0.2) is 0 Å². The normalized spacial score (nSPS) is 15.5. The van der Waals surface area contributed by atoms with Gasteiger partial charge < -0.3 is 15.6 Å². The average molecular weight is 283 g/mol. The standard InChI is InChI=1S/C16H17N3O2/c1-19-10-12(9-13(19)14(17)20)18-15(21)16(7-8-16)11-5-3-2-4-6-11/h2-6,9-10H,7-8H2,1H3,(H2,17,20)(H,18,21). The average Bonchev–Trinajstić information content (AvgIpc) is 3.19. The molecule has 5 nitrogen and oxygen atoms in total. The van der Waals surface area contributed by atoms with Crippen molar-refractivity contribution < 1.29 is 9.59 Å². The lowest BCUT2D eigenvalue weighted by Gasteiger charge is -2.14. The summed E-state index contributed by atoms with van der Waals surface area (Å²) in [6, 6.07) is 11.4. The zero-order chi connectivity index (χ0) is 15.0. The van der Waals surface area contributed by atoms with Gasteiger partial charge >= 0.3 is 0 Å². The van der Waals surface area contributed by atoms with Crippen LogP contribution < -0.4 is 11.1 Å². The van der Waals surface area contributed by atoms with E-state index in [9.17, 15) is 9.59 Å². The van der Waals surface area contributed by atoms with Crippen molar-refractivity contribution in [2.45, 2.75) is 18.3 Å². The quantitative estimate of drug-likeness (QED) is 0.897. The summed E-state index contributed by atoms with van der Waals surface area (Å²) in [4.78, 5) is 23.8. The number of aromatic nitrogens is 1. The van der Waals surface area contributed by atoms with Gasteiger partial charge in [0.15, 0.2) is 0 Å². The van der Waals surface area contributed by atoms with Crippen molar-refractivity contribution in [2.24, 2.45) is 12.8 Å². The number of benzene rings is 1. The van der Waals surface area contributed by atoms with Gasteiger partial charge in [-0.05, 0) is 24.5 Å². The van der Waals surface area contributed by atoms with Gasteiger partial charge in [0, 0.05) is 13.2 Å². The Hall–Kier alpha value is -2.56. The number of hydrogen-bond donors (Lipinski definition) is 2. The Balaban J connectivity index is 1.81. The van der Waals surface area contributed by atoms with E-state index >= 15 is 0 Å². The fourth-order valence-corrected chi connectivity index (χ4v) is 2.66. The lowest BCUT2D eigenvalue weighted by molar-refractivity contribution is -0.118. The first kappa shape index (κ1) is 13.4. The summed E-state index contributed by atoms with van der Waals surface area (Å²) in [5.74, 6) is -0.544. The lowest BCUT2D eigenvalue weighted by Crippen LogP contribution is -2.27. The highest BCUT2D eigenvalue weighted by Crippen LogP contribution is 2.48. The van der Waals surface area contributed by atoms with Crippen LogP contribution in [-0.2, 0) is 17.3 Å². The van der Waals surface area contributed by atoms with E-state index in [0.717, 1.165) is 18.4 Å². The van der Waals surface area contributed by atoms with Crippen molar-refractivity contribution >= 4 is 17.5 Å². The van der Waals surface area contributed by atoms with E-state index in [1.54, 1.807) is 23.9 Å². The number of aryl methyl sites for hydroxylation is 1. The molecule has 1 aliphatic rings. The molecule has 5 heteroatoms. The number of rotatable bonds is 4. The van der Waals surface area contributed by atoms with Gasteiger partial charge in [-0.3, -0.25) is 9.59 Å². The Morgan fingerprint density at radius 1 is 1.24 bits per heavy atom. The molecule has 1 aromatic carbocycles. The maximum absolute atomic E-state index is 12.6. The fraction of sp³-hybridized carbons (Fsp3) is 0.250. The summed E-state index contributed by atoms with van der Waals surface area (Å²) in [7, 11) is 1.72.